The van der Waals surface area contributed by atoms with E-state index in [4.69, 9.17) is 14.2 Å². The van der Waals surface area contributed by atoms with Gasteiger partial charge in [0.1, 0.15) is 11.5 Å². The second-order valence-corrected chi connectivity index (χ2v) is 8.12. The summed E-state index contributed by atoms with van der Waals surface area (Å²) in [6, 6.07) is 21.7. The molecule has 3 aromatic rings. The van der Waals surface area contributed by atoms with Gasteiger partial charge < -0.3 is 19.1 Å². The Morgan fingerprint density at radius 3 is 2.31 bits per heavy atom. The van der Waals surface area contributed by atoms with E-state index in [1.807, 2.05) is 13.0 Å². The number of hydrogen-bond acceptors (Lipinski definition) is 7. The summed E-state index contributed by atoms with van der Waals surface area (Å²) >= 11 is 0. The van der Waals surface area contributed by atoms with Gasteiger partial charge in [0.15, 0.2) is 12.4 Å². The van der Waals surface area contributed by atoms with Crippen LogP contribution in [0, 0.1) is 5.92 Å². The van der Waals surface area contributed by atoms with Gasteiger partial charge in [0, 0.05) is 18.5 Å². The molecule has 0 spiro atoms. The molecule has 4 rings (SSSR count). The maximum absolute atomic E-state index is 12.6. The Kier molecular flexibility index (Phi) is 7.75. The Hall–Kier alpha value is -4.46. The van der Waals surface area contributed by atoms with Crippen LogP contribution in [-0.4, -0.2) is 43.4 Å². The van der Waals surface area contributed by atoms with Gasteiger partial charge in [-0.2, -0.15) is 0 Å². The van der Waals surface area contributed by atoms with Crippen molar-refractivity contribution < 1.29 is 33.4 Å². The minimum Gasteiger partial charge on any atom is -0.492 e. The van der Waals surface area contributed by atoms with Crippen LogP contribution in [0.15, 0.2) is 78.9 Å². The topological polar surface area (TPSA) is 99.2 Å². The summed E-state index contributed by atoms with van der Waals surface area (Å²) in [6.07, 6.45) is -0.00500. The number of Topliss-reactive ketones (excluding diaryl/α,β-unsaturated/α-hetero) is 1. The lowest BCUT2D eigenvalue weighted by Gasteiger charge is -2.19. The quantitative estimate of drug-likeness (QED) is 0.255. The van der Waals surface area contributed by atoms with Crippen molar-refractivity contribution in [3.63, 3.8) is 0 Å². The van der Waals surface area contributed by atoms with E-state index in [2.05, 4.69) is 0 Å². The molecular weight excluding hydrogens is 462 g/mol. The van der Waals surface area contributed by atoms with E-state index in [9.17, 15) is 19.2 Å². The van der Waals surface area contributed by atoms with Crippen LogP contribution in [-0.2, 0) is 14.3 Å². The van der Waals surface area contributed by atoms with E-state index < -0.39 is 30.2 Å². The number of benzene rings is 3. The van der Waals surface area contributed by atoms with Crippen LogP contribution in [0.3, 0.4) is 0 Å². The van der Waals surface area contributed by atoms with Gasteiger partial charge in [0.25, 0.3) is 0 Å². The van der Waals surface area contributed by atoms with Gasteiger partial charge in [0.05, 0.1) is 23.8 Å². The zero-order valence-corrected chi connectivity index (χ0v) is 19.7. The Balaban J connectivity index is 1.30. The number of para-hydroxylation sites is 2. The maximum Gasteiger partial charge on any atom is 0.343 e. The molecule has 0 aliphatic carbocycles. The number of anilines is 1. The smallest absolute Gasteiger partial charge is 0.343 e. The minimum atomic E-state index is -0.681. The Bertz CT molecular complexity index is 1250. The normalized spacial score (nSPS) is 14.9. The average Bonchev–Trinajstić information content (AvgIpc) is 3.30. The number of nitrogens with zero attached hydrogens (tertiary/aromatic N) is 1. The van der Waals surface area contributed by atoms with E-state index in [0.717, 1.165) is 0 Å². The molecule has 0 radical (unpaired) electrons. The van der Waals surface area contributed by atoms with Crippen molar-refractivity contribution in [1.82, 2.24) is 0 Å². The van der Waals surface area contributed by atoms with E-state index >= 15 is 0 Å². The fraction of sp³-hybridized carbons (Fsp3) is 0.214. The molecule has 1 saturated heterocycles. The minimum absolute atomic E-state index is 0.00500. The van der Waals surface area contributed by atoms with Gasteiger partial charge in [-0.15, -0.1) is 0 Å². The van der Waals surface area contributed by atoms with E-state index in [0.29, 0.717) is 29.2 Å². The van der Waals surface area contributed by atoms with E-state index in [-0.39, 0.29) is 24.6 Å². The number of rotatable bonds is 9. The molecule has 8 nitrogen and oxygen atoms in total. The molecule has 0 saturated carbocycles. The number of hydrogen-bond donors (Lipinski definition) is 0. The lowest BCUT2D eigenvalue weighted by Crippen LogP contribution is -2.27. The van der Waals surface area contributed by atoms with Crippen molar-refractivity contribution in [1.29, 1.82) is 0 Å². The second-order valence-electron chi connectivity index (χ2n) is 8.12. The van der Waals surface area contributed by atoms with E-state index in [1.54, 1.807) is 48.5 Å². The van der Waals surface area contributed by atoms with Gasteiger partial charge in [-0.3, -0.25) is 14.4 Å². The van der Waals surface area contributed by atoms with Crippen LogP contribution in [0.5, 0.6) is 11.5 Å². The van der Waals surface area contributed by atoms with Crippen LogP contribution in [0.1, 0.15) is 34.1 Å². The number of esters is 2. The summed E-state index contributed by atoms with van der Waals surface area (Å²) in [4.78, 5) is 51.3. The molecule has 8 heteroatoms. The second kappa shape index (κ2) is 11.3. The molecule has 0 bridgehead atoms. The van der Waals surface area contributed by atoms with Crippen molar-refractivity contribution in [2.45, 2.75) is 13.3 Å². The third-order valence-electron chi connectivity index (χ3n) is 5.66. The van der Waals surface area contributed by atoms with Crippen molar-refractivity contribution in [3.8, 4) is 11.5 Å². The van der Waals surface area contributed by atoms with Crippen molar-refractivity contribution in [2.75, 3.05) is 24.7 Å². The summed E-state index contributed by atoms with van der Waals surface area (Å²) in [5, 5.41) is 0. The third-order valence-corrected chi connectivity index (χ3v) is 5.66. The molecule has 0 unspecified atom stereocenters. The molecule has 1 heterocycles. The number of ketones is 1. The molecule has 1 atom stereocenters. The lowest BCUT2D eigenvalue weighted by atomic mass is 10.1. The number of carbonyl (C=O) groups excluding carboxylic acids is 4. The van der Waals surface area contributed by atoms with Gasteiger partial charge in [-0.05, 0) is 55.5 Å². The first-order valence-corrected chi connectivity index (χ1v) is 11.6. The average molecular weight is 488 g/mol. The molecule has 0 aromatic heterocycles. The highest BCUT2D eigenvalue weighted by Crippen LogP contribution is 2.33. The SMILES string of the molecule is CCOc1ccccc1N1C[C@@H](C(=O)OCC(=O)c2ccc(OC(=O)c3ccccc3)cc2)CC1=O. The molecule has 1 amide bonds. The summed E-state index contributed by atoms with van der Waals surface area (Å²) in [6.45, 7) is 1.99. The maximum atomic E-state index is 12.6. The molecule has 184 valence electrons. The number of amides is 1. The highest BCUT2D eigenvalue weighted by molar-refractivity contribution is 6.01. The van der Waals surface area contributed by atoms with Gasteiger partial charge >= 0.3 is 11.9 Å². The van der Waals surface area contributed by atoms with Crippen LogP contribution >= 0.6 is 0 Å². The van der Waals surface area contributed by atoms with Crippen LogP contribution in [0.2, 0.25) is 0 Å². The summed E-state index contributed by atoms with van der Waals surface area (Å²) < 4.78 is 16.1. The zero-order valence-electron chi connectivity index (χ0n) is 19.7. The van der Waals surface area contributed by atoms with Gasteiger partial charge in [-0.25, -0.2) is 4.79 Å². The van der Waals surface area contributed by atoms with Crippen LogP contribution in [0.4, 0.5) is 5.69 Å². The lowest BCUT2D eigenvalue weighted by molar-refractivity contribution is -0.147. The molecule has 36 heavy (non-hydrogen) atoms. The first kappa shape index (κ1) is 24.7. The summed E-state index contributed by atoms with van der Waals surface area (Å²) in [5.41, 5.74) is 1.32. The largest absolute Gasteiger partial charge is 0.492 e. The molecule has 1 aliphatic rings. The number of carbonyl (C=O) groups is 4. The summed E-state index contributed by atoms with van der Waals surface area (Å²) in [5.74, 6) is -1.57. The first-order valence-electron chi connectivity index (χ1n) is 11.6. The molecule has 1 fully saturated rings. The fourth-order valence-corrected chi connectivity index (χ4v) is 3.84. The molecule has 0 N–H and O–H groups in total. The summed E-state index contributed by atoms with van der Waals surface area (Å²) in [7, 11) is 0. The predicted octanol–water partition coefficient (Wildman–Crippen LogP) is 4.08. The standard InChI is InChI=1S/C28H25NO7/c1-2-34-25-11-7-6-10-23(25)29-17-21(16-26(29)31)27(32)35-18-24(30)19-12-14-22(15-13-19)36-28(33)20-8-4-3-5-9-20/h3-15,21H,2,16-18H2,1H3/t21-/m0/s1. The molecule has 3 aromatic carbocycles. The Labute approximate surface area is 208 Å². The number of ether oxygens (including phenoxy) is 3. The molecule has 1 aliphatic heterocycles. The third kappa shape index (κ3) is 5.78. The van der Waals surface area contributed by atoms with Crippen LogP contribution < -0.4 is 14.4 Å². The predicted molar refractivity (Wildman–Crippen MR) is 131 cm³/mol. The Morgan fingerprint density at radius 1 is 0.889 bits per heavy atom. The zero-order chi connectivity index (χ0) is 25.5. The first-order chi connectivity index (χ1) is 17.5. The van der Waals surface area contributed by atoms with Crippen molar-refractivity contribution in [2.24, 2.45) is 5.92 Å². The fourth-order valence-electron chi connectivity index (χ4n) is 3.84. The monoisotopic (exact) mass is 487 g/mol. The van der Waals surface area contributed by atoms with Crippen molar-refractivity contribution in [3.05, 3.63) is 90.0 Å². The molecular formula is C28H25NO7. The van der Waals surface area contributed by atoms with Gasteiger partial charge in [-0.1, -0.05) is 30.3 Å². The highest BCUT2D eigenvalue weighted by atomic mass is 16.5. The van der Waals surface area contributed by atoms with Gasteiger partial charge in [0.2, 0.25) is 5.91 Å². The van der Waals surface area contributed by atoms with E-state index in [1.165, 1.54) is 29.2 Å². The van der Waals surface area contributed by atoms with Crippen LogP contribution in [0.25, 0.3) is 0 Å². The Morgan fingerprint density at radius 2 is 1.58 bits per heavy atom. The van der Waals surface area contributed by atoms with Crippen molar-refractivity contribution >= 4 is 29.3 Å². The highest BCUT2D eigenvalue weighted by Gasteiger charge is 2.37.